The molecule has 138 valence electrons. The zero-order valence-electron chi connectivity index (χ0n) is 14.6. The minimum Gasteiger partial charge on any atom is -0.328 e. The van der Waals surface area contributed by atoms with Crippen LogP contribution in [0.4, 0.5) is 0 Å². The van der Waals surface area contributed by atoms with Gasteiger partial charge < -0.3 is 11.1 Å². The van der Waals surface area contributed by atoms with Gasteiger partial charge in [0.2, 0.25) is 11.8 Å². The van der Waals surface area contributed by atoms with Crippen molar-refractivity contribution in [1.82, 2.24) is 15.5 Å². The fourth-order valence-electron chi connectivity index (χ4n) is 3.19. The summed E-state index contributed by atoms with van der Waals surface area (Å²) in [7, 11) is 0. The van der Waals surface area contributed by atoms with Gasteiger partial charge in [0.05, 0.1) is 11.1 Å². The number of benzene rings is 1. The quantitative estimate of drug-likeness (QED) is 0.483. The Bertz CT molecular complexity index is 774. The third-order valence-electron chi connectivity index (χ3n) is 4.61. The predicted molar refractivity (Wildman–Crippen MR) is 93.1 cm³/mol. The molecule has 0 aromatic heterocycles. The van der Waals surface area contributed by atoms with Crippen LogP contribution in [0.3, 0.4) is 0 Å². The summed E-state index contributed by atoms with van der Waals surface area (Å²) in [6.07, 6.45) is 1.10. The molecule has 1 saturated heterocycles. The standard InChI is InChI=1S/C18H22N4O4/c1-10(19)6-7-20-9-11-2-3-12-13(8-11)18(26)22(17(12)25)14-4-5-15(23)21-16(14)24/h2-3,8,10,14,20H,4-7,9,19H2,1H3,(H,21,23,24). The number of nitrogens with one attached hydrogen (secondary N) is 2. The molecule has 2 unspecified atom stereocenters. The van der Waals surface area contributed by atoms with Gasteiger partial charge in [-0.15, -0.1) is 0 Å². The Morgan fingerprint density at radius 2 is 1.96 bits per heavy atom. The Kier molecular flexibility index (Phi) is 5.15. The maximum atomic E-state index is 12.7. The molecule has 0 spiro atoms. The number of hydrogen-bond acceptors (Lipinski definition) is 6. The van der Waals surface area contributed by atoms with Crippen molar-refractivity contribution in [2.75, 3.05) is 6.54 Å². The normalized spacial score (nSPS) is 21.0. The first-order valence-electron chi connectivity index (χ1n) is 8.69. The second kappa shape index (κ2) is 7.35. The molecule has 2 aliphatic rings. The van der Waals surface area contributed by atoms with Crippen molar-refractivity contribution in [2.24, 2.45) is 5.73 Å². The maximum absolute atomic E-state index is 12.7. The van der Waals surface area contributed by atoms with E-state index in [9.17, 15) is 19.2 Å². The molecule has 2 atom stereocenters. The first-order valence-corrected chi connectivity index (χ1v) is 8.69. The molecule has 3 rings (SSSR count). The topological polar surface area (TPSA) is 122 Å². The number of rotatable bonds is 6. The van der Waals surface area contributed by atoms with E-state index < -0.39 is 23.8 Å². The molecule has 8 nitrogen and oxygen atoms in total. The number of carbonyl (C=O) groups is 4. The lowest BCUT2D eigenvalue weighted by Gasteiger charge is -2.27. The summed E-state index contributed by atoms with van der Waals surface area (Å²) >= 11 is 0. The smallest absolute Gasteiger partial charge is 0.262 e. The molecule has 1 aromatic rings. The van der Waals surface area contributed by atoms with Crippen molar-refractivity contribution in [3.05, 3.63) is 34.9 Å². The number of hydrogen-bond donors (Lipinski definition) is 3. The first kappa shape index (κ1) is 18.2. The molecular weight excluding hydrogens is 336 g/mol. The molecule has 0 radical (unpaired) electrons. The van der Waals surface area contributed by atoms with Crippen LogP contribution in [0.25, 0.3) is 0 Å². The lowest BCUT2D eigenvalue weighted by molar-refractivity contribution is -0.136. The highest BCUT2D eigenvalue weighted by Gasteiger charge is 2.44. The van der Waals surface area contributed by atoms with Crippen LogP contribution in [-0.2, 0) is 16.1 Å². The fourth-order valence-corrected chi connectivity index (χ4v) is 3.19. The Hall–Kier alpha value is -2.58. The highest BCUT2D eigenvalue weighted by atomic mass is 16.2. The third-order valence-corrected chi connectivity index (χ3v) is 4.61. The summed E-state index contributed by atoms with van der Waals surface area (Å²) in [5.74, 6) is -1.97. The Balaban J connectivity index is 1.73. The van der Waals surface area contributed by atoms with Gasteiger partial charge in [0.15, 0.2) is 0 Å². The van der Waals surface area contributed by atoms with E-state index >= 15 is 0 Å². The van der Waals surface area contributed by atoms with Gasteiger partial charge >= 0.3 is 0 Å². The largest absolute Gasteiger partial charge is 0.328 e. The minimum absolute atomic E-state index is 0.110. The number of piperidine rings is 1. The molecule has 4 amide bonds. The van der Waals surface area contributed by atoms with Gasteiger partial charge in [0.1, 0.15) is 6.04 Å². The van der Waals surface area contributed by atoms with Gasteiger partial charge in [-0.25, -0.2) is 0 Å². The second-order valence-corrected chi connectivity index (χ2v) is 6.77. The SMILES string of the molecule is CC(N)CCNCc1ccc2c(c1)C(=O)N(C1CCC(=O)NC1=O)C2=O. The summed E-state index contributed by atoms with van der Waals surface area (Å²) in [6.45, 7) is 3.24. The number of nitrogens with zero attached hydrogens (tertiary/aromatic N) is 1. The predicted octanol–water partition coefficient (Wildman–Crippen LogP) is -0.0853. The minimum atomic E-state index is -0.937. The van der Waals surface area contributed by atoms with E-state index in [4.69, 9.17) is 5.73 Å². The van der Waals surface area contributed by atoms with E-state index in [0.29, 0.717) is 17.7 Å². The number of nitrogens with two attached hydrogens (primary N) is 1. The number of imide groups is 2. The lowest BCUT2D eigenvalue weighted by Crippen LogP contribution is -2.54. The molecule has 2 heterocycles. The zero-order valence-corrected chi connectivity index (χ0v) is 14.6. The van der Waals surface area contributed by atoms with E-state index in [2.05, 4.69) is 10.6 Å². The average Bonchev–Trinajstić information content (AvgIpc) is 2.83. The van der Waals surface area contributed by atoms with Crippen molar-refractivity contribution >= 4 is 23.6 Å². The third kappa shape index (κ3) is 3.51. The molecule has 8 heteroatoms. The van der Waals surface area contributed by atoms with E-state index in [0.717, 1.165) is 23.4 Å². The molecule has 4 N–H and O–H groups in total. The van der Waals surface area contributed by atoms with Crippen molar-refractivity contribution in [3.63, 3.8) is 0 Å². The van der Waals surface area contributed by atoms with Crippen molar-refractivity contribution in [3.8, 4) is 0 Å². The summed E-state index contributed by atoms with van der Waals surface area (Å²) < 4.78 is 0. The monoisotopic (exact) mass is 358 g/mol. The van der Waals surface area contributed by atoms with E-state index in [-0.39, 0.29) is 24.8 Å². The van der Waals surface area contributed by atoms with E-state index in [1.807, 2.05) is 6.92 Å². The summed E-state index contributed by atoms with van der Waals surface area (Å²) in [6, 6.07) is 4.26. The van der Waals surface area contributed by atoms with Gasteiger partial charge in [-0.3, -0.25) is 29.4 Å². The first-order chi connectivity index (χ1) is 12.4. The lowest BCUT2D eigenvalue weighted by atomic mass is 10.0. The van der Waals surface area contributed by atoms with Crippen LogP contribution in [0.2, 0.25) is 0 Å². The van der Waals surface area contributed by atoms with Crippen LogP contribution in [0.5, 0.6) is 0 Å². The number of carbonyl (C=O) groups excluding carboxylic acids is 4. The Morgan fingerprint density at radius 3 is 2.65 bits per heavy atom. The van der Waals surface area contributed by atoms with Gasteiger partial charge in [-0.1, -0.05) is 6.07 Å². The molecule has 0 aliphatic carbocycles. The molecule has 2 aliphatic heterocycles. The number of amides is 4. The van der Waals surface area contributed by atoms with Crippen LogP contribution in [0.15, 0.2) is 18.2 Å². The van der Waals surface area contributed by atoms with Crippen LogP contribution in [0, 0.1) is 0 Å². The summed E-state index contributed by atoms with van der Waals surface area (Å²) in [5, 5.41) is 5.43. The molecule has 0 saturated carbocycles. The Labute approximate surface area is 151 Å². The molecular formula is C18H22N4O4. The van der Waals surface area contributed by atoms with Crippen LogP contribution in [0.1, 0.15) is 52.5 Å². The average molecular weight is 358 g/mol. The van der Waals surface area contributed by atoms with Crippen molar-refractivity contribution < 1.29 is 19.2 Å². The highest BCUT2D eigenvalue weighted by molar-refractivity contribution is 6.23. The van der Waals surface area contributed by atoms with Gasteiger partial charge in [-0.05, 0) is 44.0 Å². The maximum Gasteiger partial charge on any atom is 0.262 e. The van der Waals surface area contributed by atoms with Crippen molar-refractivity contribution in [2.45, 2.75) is 44.8 Å². The van der Waals surface area contributed by atoms with Crippen LogP contribution in [-0.4, -0.2) is 47.2 Å². The van der Waals surface area contributed by atoms with Crippen LogP contribution < -0.4 is 16.4 Å². The Morgan fingerprint density at radius 1 is 1.23 bits per heavy atom. The summed E-state index contributed by atoms with van der Waals surface area (Å²) in [4.78, 5) is 49.6. The van der Waals surface area contributed by atoms with E-state index in [1.165, 1.54) is 0 Å². The van der Waals surface area contributed by atoms with Gasteiger partial charge in [-0.2, -0.15) is 0 Å². The molecule has 26 heavy (non-hydrogen) atoms. The van der Waals surface area contributed by atoms with Gasteiger partial charge in [0, 0.05) is 19.0 Å². The van der Waals surface area contributed by atoms with Crippen LogP contribution >= 0.6 is 0 Å². The highest BCUT2D eigenvalue weighted by Crippen LogP contribution is 2.28. The van der Waals surface area contributed by atoms with E-state index in [1.54, 1.807) is 18.2 Å². The number of fused-ring (bicyclic) bond motifs is 1. The fraction of sp³-hybridized carbons (Fsp3) is 0.444. The summed E-state index contributed by atoms with van der Waals surface area (Å²) in [5.41, 5.74) is 7.17. The molecule has 0 bridgehead atoms. The van der Waals surface area contributed by atoms with Gasteiger partial charge in [0.25, 0.3) is 11.8 Å². The molecule has 1 fully saturated rings. The molecule has 1 aromatic carbocycles. The van der Waals surface area contributed by atoms with Crippen molar-refractivity contribution in [1.29, 1.82) is 0 Å². The zero-order chi connectivity index (χ0) is 18.8. The second-order valence-electron chi connectivity index (χ2n) is 6.77.